The van der Waals surface area contributed by atoms with E-state index in [1.807, 2.05) is 30.3 Å². The minimum atomic E-state index is 0.0600. The van der Waals surface area contributed by atoms with Gasteiger partial charge < -0.3 is 15.5 Å². The van der Waals surface area contributed by atoms with Crippen molar-refractivity contribution >= 4 is 11.8 Å². The number of benzene rings is 1. The number of nitrogens with zero attached hydrogens (tertiary/aromatic N) is 2. The maximum Gasteiger partial charge on any atom is 0.234 e. The number of carbonyl (C=O) groups is 2. The lowest BCUT2D eigenvalue weighted by atomic mass is 9.95. The van der Waals surface area contributed by atoms with Crippen LogP contribution < -0.4 is 10.6 Å². The standard InChI is InChI=1S/C23H34N4O2/c28-22(25-20-10-14-27(15-11-20)21-6-7-21)17-26-12-8-19(9-13-26)23(29)24-16-18-4-2-1-3-5-18/h1-5,19-21H,6-17H2,(H,24,29)(H,25,28). The van der Waals surface area contributed by atoms with Crippen LogP contribution in [0.2, 0.25) is 0 Å². The molecule has 6 nitrogen and oxygen atoms in total. The van der Waals surface area contributed by atoms with Crippen molar-refractivity contribution in [2.24, 2.45) is 5.92 Å². The minimum Gasteiger partial charge on any atom is -0.352 e. The number of amides is 2. The average Bonchev–Trinajstić information content (AvgIpc) is 3.59. The zero-order valence-corrected chi connectivity index (χ0v) is 17.3. The molecule has 0 aromatic heterocycles. The van der Waals surface area contributed by atoms with Crippen molar-refractivity contribution in [3.8, 4) is 0 Å². The fourth-order valence-corrected chi connectivity index (χ4v) is 4.61. The van der Waals surface area contributed by atoms with Gasteiger partial charge in [0.1, 0.15) is 0 Å². The molecule has 2 heterocycles. The van der Waals surface area contributed by atoms with E-state index in [0.717, 1.165) is 63.5 Å². The number of piperidine rings is 2. The molecule has 3 fully saturated rings. The summed E-state index contributed by atoms with van der Waals surface area (Å²) in [5.41, 5.74) is 1.12. The van der Waals surface area contributed by atoms with E-state index in [0.29, 0.717) is 19.1 Å². The van der Waals surface area contributed by atoms with E-state index < -0.39 is 0 Å². The van der Waals surface area contributed by atoms with Crippen molar-refractivity contribution in [1.29, 1.82) is 0 Å². The van der Waals surface area contributed by atoms with Gasteiger partial charge in [-0.3, -0.25) is 14.5 Å². The molecule has 29 heavy (non-hydrogen) atoms. The normalized spacial score (nSPS) is 22.3. The summed E-state index contributed by atoms with van der Waals surface area (Å²) in [5, 5.41) is 6.29. The highest BCUT2D eigenvalue weighted by atomic mass is 16.2. The number of hydrogen-bond acceptors (Lipinski definition) is 4. The van der Waals surface area contributed by atoms with Gasteiger partial charge in [-0.2, -0.15) is 0 Å². The first-order valence-electron chi connectivity index (χ1n) is 11.2. The summed E-state index contributed by atoms with van der Waals surface area (Å²) in [6, 6.07) is 11.2. The van der Waals surface area contributed by atoms with Gasteiger partial charge in [-0.25, -0.2) is 0 Å². The Hall–Kier alpha value is -1.92. The van der Waals surface area contributed by atoms with Gasteiger partial charge in [-0.05, 0) is 57.2 Å². The summed E-state index contributed by atoms with van der Waals surface area (Å²) < 4.78 is 0. The fourth-order valence-electron chi connectivity index (χ4n) is 4.61. The van der Waals surface area contributed by atoms with Gasteiger partial charge in [0, 0.05) is 37.6 Å². The lowest BCUT2D eigenvalue weighted by Crippen LogP contribution is -2.49. The monoisotopic (exact) mass is 398 g/mol. The third-order valence-electron chi connectivity index (χ3n) is 6.59. The van der Waals surface area contributed by atoms with Gasteiger partial charge in [-0.1, -0.05) is 30.3 Å². The Kier molecular flexibility index (Phi) is 6.82. The number of carbonyl (C=O) groups excluding carboxylic acids is 2. The van der Waals surface area contributed by atoms with E-state index >= 15 is 0 Å². The Morgan fingerprint density at radius 1 is 0.897 bits per heavy atom. The van der Waals surface area contributed by atoms with Crippen LogP contribution in [0.3, 0.4) is 0 Å². The molecule has 1 aromatic rings. The molecule has 2 N–H and O–H groups in total. The van der Waals surface area contributed by atoms with Gasteiger partial charge in [0.15, 0.2) is 0 Å². The molecule has 0 spiro atoms. The molecule has 2 aliphatic heterocycles. The summed E-state index contributed by atoms with van der Waals surface area (Å²) in [6.07, 6.45) is 6.52. The van der Waals surface area contributed by atoms with Crippen LogP contribution in [0.25, 0.3) is 0 Å². The first kappa shape index (κ1) is 20.4. The third-order valence-corrected chi connectivity index (χ3v) is 6.59. The molecule has 0 bridgehead atoms. The van der Waals surface area contributed by atoms with E-state index in [2.05, 4.69) is 20.4 Å². The molecule has 3 aliphatic rings. The predicted octanol–water partition coefficient (Wildman–Crippen LogP) is 1.76. The number of rotatable bonds is 7. The van der Waals surface area contributed by atoms with Gasteiger partial charge in [0.2, 0.25) is 11.8 Å². The van der Waals surface area contributed by atoms with Crippen LogP contribution >= 0.6 is 0 Å². The molecular formula is C23H34N4O2. The summed E-state index contributed by atoms with van der Waals surface area (Å²) in [6.45, 7) is 4.93. The number of hydrogen-bond donors (Lipinski definition) is 2. The molecule has 0 unspecified atom stereocenters. The van der Waals surface area contributed by atoms with Crippen LogP contribution in [0.1, 0.15) is 44.1 Å². The molecule has 0 atom stereocenters. The van der Waals surface area contributed by atoms with Crippen LogP contribution in [0, 0.1) is 5.92 Å². The first-order chi connectivity index (χ1) is 14.2. The Bertz CT molecular complexity index is 675. The second-order valence-corrected chi connectivity index (χ2v) is 8.86. The quantitative estimate of drug-likeness (QED) is 0.735. The smallest absolute Gasteiger partial charge is 0.234 e. The van der Waals surface area contributed by atoms with E-state index in [1.165, 1.54) is 12.8 Å². The molecule has 1 aromatic carbocycles. The van der Waals surface area contributed by atoms with Crippen LogP contribution in [-0.4, -0.2) is 66.4 Å². The summed E-state index contributed by atoms with van der Waals surface area (Å²) in [4.78, 5) is 29.6. The molecule has 6 heteroatoms. The Morgan fingerprint density at radius 2 is 1.59 bits per heavy atom. The SMILES string of the molecule is O=C(CN1CCC(C(=O)NCc2ccccc2)CC1)NC1CCN(C2CC2)CC1. The first-order valence-corrected chi connectivity index (χ1v) is 11.2. The average molecular weight is 399 g/mol. The molecule has 1 saturated carbocycles. The molecular weight excluding hydrogens is 364 g/mol. The Balaban J connectivity index is 1.11. The fraction of sp³-hybridized carbons (Fsp3) is 0.652. The molecule has 2 amide bonds. The lowest BCUT2D eigenvalue weighted by molar-refractivity contribution is -0.127. The second-order valence-electron chi connectivity index (χ2n) is 8.86. The minimum absolute atomic E-state index is 0.0600. The number of nitrogens with one attached hydrogen (secondary N) is 2. The van der Waals surface area contributed by atoms with E-state index in [-0.39, 0.29) is 17.7 Å². The summed E-state index contributed by atoms with van der Waals surface area (Å²) in [5.74, 6) is 0.340. The predicted molar refractivity (Wildman–Crippen MR) is 113 cm³/mol. The van der Waals surface area contributed by atoms with Crippen molar-refractivity contribution in [1.82, 2.24) is 20.4 Å². The molecule has 1 aliphatic carbocycles. The lowest BCUT2D eigenvalue weighted by Gasteiger charge is -2.34. The Labute approximate surface area is 174 Å². The summed E-state index contributed by atoms with van der Waals surface area (Å²) >= 11 is 0. The highest BCUT2D eigenvalue weighted by Crippen LogP contribution is 2.29. The van der Waals surface area contributed by atoms with Crippen LogP contribution in [0.4, 0.5) is 0 Å². The van der Waals surface area contributed by atoms with E-state index in [9.17, 15) is 9.59 Å². The number of likely N-dealkylation sites (tertiary alicyclic amines) is 2. The Morgan fingerprint density at radius 3 is 2.24 bits per heavy atom. The van der Waals surface area contributed by atoms with Crippen molar-refractivity contribution in [3.63, 3.8) is 0 Å². The molecule has 0 radical (unpaired) electrons. The molecule has 158 valence electrons. The maximum absolute atomic E-state index is 12.4. The van der Waals surface area contributed by atoms with Crippen molar-refractivity contribution in [2.75, 3.05) is 32.7 Å². The largest absolute Gasteiger partial charge is 0.352 e. The van der Waals surface area contributed by atoms with Crippen LogP contribution in [-0.2, 0) is 16.1 Å². The maximum atomic E-state index is 12.4. The van der Waals surface area contributed by atoms with E-state index in [1.54, 1.807) is 0 Å². The van der Waals surface area contributed by atoms with Crippen LogP contribution in [0.5, 0.6) is 0 Å². The topological polar surface area (TPSA) is 64.7 Å². The van der Waals surface area contributed by atoms with Gasteiger partial charge in [0.05, 0.1) is 6.54 Å². The molecule has 2 saturated heterocycles. The highest BCUT2D eigenvalue weighted by molar-refractivity contribution is 5.79. The van der Waals surface area contributed by atoms with Gasteiger partial charge >= 0.3 is 0 Å². The van der Waals surface area contributed by atoms with Crippen molar-refractivity contribution in [3.05, 3.63) is 35.9 Å². The van der Waals surface area contributed by atoms with Crippen molar-refractivity contribution in [2.45, 2.75) is 57.2 Å². The van der Waals surface area contributed by atoms with Crippen LogP contribution in [0.15, 0.2) is 30.3 Å². The van der Waals surface area contributed by atoms with Gasteiger partial charge in [-0.15, -0.1) is 0 Å². The highest BCUT2D eigenvalue weighted by Gasteiger charge is 2.32. The third kappa shape index (κ3) is 6.03. The zero-order valence-electron chi connectivity index (χ0n) is 17.3. The zero-order chi connectivity index (χ0) is 20.1. The second kappa shape index (κ2) is 9.72. The van der Waals surface area contributed by atoms with Crippen molar-refractivity contribution < 1.29 is 9.59 Å². The van der Waals surface area contributed by atoms with E-state index in [4.69, 9.17) is 0 Å². The summed E-state index contributed by atoms with van der Waals surface area (Å²) in [7, 11) is 0. The molecule has 4 rings (SSSR count). The van der Waals surface area contributed by atoms with Gasteiger partial charge in [0.25, 0.3) is 0 Å².